The number of fused-ring (bicyclic) bond motifs is 1. The number of nitrogens with zero attached hydrogens (tertiary/aromatic N) is 5. The van der Waals surface area contributed by atoms with Crippen LogP contribution in [0, 0.1) is 6.92 Å². The van der Waals surface area contributed by atoms with Crippen molar-refractivity contribution in [3.8, 4) is 0 Å². The summed E-state index contributed by atoms with van der Waals surface area (Å²) in [5.74, 6) is 0.901. The number of hydrogen-bond acceptors (Lipinski definition) is 7. The van der Waals surface area contributed by atoms with Crippen LogP contribution in [0.1, 0.15) is 36.9 Å². The van der Waals surface area contributed by atoms with E-state index in [2.05, 4.69) is 33.3 Å². The lowest BCUT2D eigenvalue weighted by atomic mass is 9.85. The van der Waals surface area contributed by atoms with Gasteiger partial charge in [0, 0.05) is 23.7 Å². The van der Waals surface area contributed by atoms with Gasteiger partial charge in [0.1, 0.15) is 0 Å². The number of aliphatic hydroxyl groups is 1. The van der Waals surface area contributed by atoms with Crippen molar-refractivity contribution in [2.75, 3.05) is 31.6 Å². The third kappa shape index (κ3) is 3.75. The fourth-order valence-corrected chi connectivity index (χ4v) is 5.16. The SMILES string of the molecule is Cc1c(Nc2ncc3cc(Cl)c(C4CCN(C5(C)COCC5O)CC4)cc3n2)cnn1C. The second kappa shape index (κ2) is 8.26. The smallest absolute Gasteiger partial charge is 0.227 e. The number of halogens is 1. The third-order valence-corrected chi connectivity index (χ3v) is 7.55. The number of aryl methyl sites for hydroxylation is 1. The predicted molar refractivity (Wildman–Crippen MR) is 125 cm³/mol. The molecule has 2 atom stereocenters. The molecule has 0 bridgehead atoms. The topological polar surface area (TPSA) is 88.3 Å². The molecule has 2 saturated heterocycles. The van der Waals surface area contributed by atoms with Gasteiger partial charge in [0.25, 0.3) is 0 Å². The molecule has 2 fully saturated rings. The van der Waals surface area contributed by atoms with Crippen LogP contribution in [0.2, 0.25) is 5.02 Å². The molecule has 0 radical (unpaired) electrons. The summed E-state index contributed by atoms with van der Waals surface area (Å²) in [6.45, 7) is 6.92. The molecule has 1 aromatic carbocycles. The lowest BCUT2D eigenvalue weighted by Crippen LogP contribution is -2.56. The number of aromatic nitrogens is 4. The molecule has 0 saturated carbocycles. The minimum Gasteiger partial charge on any atom is -0.389 e. The maximum absolute atomic E-state index is 10.4. The van der Waals surface area contributed by atoms with Crippen LogP contribution in [0.5, 0.6) is 0 Å². The summed E-state index contributed by atoms with van der Waals surface area (Å²) in [7, 11) is 1.90. The van der Waals surface area contributed by atoms with Gasteiger partial charge in [-0.1, -0.05) is 11.6 Å². The molecular weight excluding hydrogens is 428 g/mol. The van der Waals surface area contributed by atoms with Gasteiger partial charge in [-0.15, -0.1) is 0 Å². The van der Waals surface area contributed by atoms with Crippen LogP contribution in [-0.2, 0) is 11.8 Å². The Bertz CT molecular complexity index is 1140. The second-order valence-corrected chi connectivity index (χ2v) is 9.58. The highest BCUT2D eigenvalue weighted by Crippen LogP contribution is 2.38. The monoisotopic (exact) mass is 456 g/mol. The van der Waals surface area contributed by atoms with E-state index in [9.17, 15) is 5.11 Å². The zero-order chi connectivity index (χ0) is 22.5. The van der Waals surface area contributed by atoms with Crippen LogP contribution in [-0.4, -0.2) is 67.7 Å². The van der Waals surface area contributed by atoms with Crippen LogP contribution < -0.4 is 5.32 Å². The number of benzene rings is 1. The predicted octanol–water partition coefficient (Wildman–Crippen LogP) is 3.40. The number of ether oxygens (including phenoxy) is 1. The Hall–Kier alpha value is -2.26. The Balaban J connectivity index is 1.36. The van der Waals surface area contributed by atoms with Crippen LogP contribution in [0.4, 0.5) is 11.6 Å². The zero-order valence-electron chi connectivity index (χ0n) is 18.7. The van der Waals surface area contributed by atoms with Crippen molar-refractivity contribution in [2.24, 2.45) is 7.05 Å². The fourth-order valence-electron chi connectivity index (χ4n) is 4.84. The molecule has 4 heterocycles. The van der Waals surface area contributed by atoms with Crippen molar-refractivity contribution in [3.63, 3.8) is 0 Å². The maximum Gasteiger partial charge on any atom is 0.227 e. The van der Waals surface area contributed by atoms with Gasteiger partial charge >= 0.3 is 0 Å². The summed E-state index contributed by atoms with van der Waals surface area (Å²) >= 11 is 6.69. The van der Waals surface area contributed by atoms with Crippen LogP contribution in [0.25, 0.3) is 10.9 Å². The molecule has 2 aliphatic rings. The van der Waals surface area contributed by atoms with E-state index in [0.717, 1.165) is 58.8 Å². The number of aliphatic hydroxyl groups excluding tert-OH is 1. The standard InChI is InChI=1S/C23H29ClN6O2/c1-14-20(11-26-29(14)3)28-22-25-10-16-8-18(24)17(9-19(16)27-22)15-4-6-30(7-5-15)23(2)13-32-12-21(23)31/h8-11,15,21,31H,4-7,12-13H2,1-3H3,(H,25,27,28). The average Bonchev–Trinajstić information content (AvgIpc) is 3.30. The number of nitrogens with one attached hydrogen (secondary N) is 1. The number of hydrogen-bond donors (Lipinski definition) is 2. The van der Waals surface area contributed by atoms with Crippen molar-refractivity contribution in [3.05, 3.63) is 40.8 Å². The van der Waals surface area contributed by atoms with Gasteiger partial charge < -0.3 is 15.2 Å². The first-order valence-corrected chi connectivity index (χ1v) is 11.5. The molecule has 0 aliphatic carbocycles. The molecule has 2 aliphatic heterocycles. The number of rotatable bonds is 4. The van der Waals surface area contributed by atoms with Gasteiger partial charge in [-0.25, -0.2) is 9.97 Å². The van der Waals surface area contributed by atoms with E-state index in [1.54, 1.807) is 12.4 Å². The maximum atomic E-state index is 10.4. The third-order valence-electron chi connectivity index (χ3n) is 7.23. The van der Waals surface area contributed by atoms with Gasteiger partial charge in [-0.05, 0) is 63.4 Å². The van der Waals surface area contributed by atoms with Crippen LogP contribution in [0.15, 0.2) is 24.5 Å². The first kappa shape index (κ1) is 21.6. The fraction of sp³-hybridized carbons (Fsp3) is 0.522. The van der Waals surface area contributed by atoms with Crippen molar-refractivity contribution in [1.29, 1.82) is 0 Å². The molecule has 0 amide bonds. The molecule has 5 rings (SSSR count). The molecule has 2 N–H and O–H groups in total. The lowest BCUT2D eigenvalue weighted by Gasteiger charge is -2.43. The molecular formula is C23H29ClN6O2. The Morgan fingerprint density at radius 3 is 2.69 bits per heavy atom. The highest BCUT2D eigenvalue weighted by Gasteiger charge is 2.45. The van der Waals surface area contributed by atoms with Gasteiger partial charge in [-0.3, -0.25) is 9.58 Å². The van der Waals surface area contributed by atoms with Gasteiger partial charge in [0.2, 0.25) is 5.95 Å². The zero-order valence-corrected chi connectivity index (χ0v) is 19.4. The molecule has 2 aromatic heterocycles. The first-order chi connectivity index (χ1) is 15.3. The summed E-state index contributed by atoms with van der Waals surface area (Å²) < 4.78 is 7.34. The highest BCUT2D eigenvalue weighted by atomic mass is 35.5. The van der Waals surface area contributed by atoms with E-state index in [4.69, 9.17) is 21.3 Å². The van der Waals surface area contributed by atoms with Gasteiger partial charge in [0.15, 0.2) is 0 Å². The number of piperidine rings is 1. The number of likely N-dealkylation sites (tertiary alicyclic amines) is 1. The quantitative estimate of drug-likeness (QED) is 0.622. The Labute approximate surface area is 192 Å². The van der Waals surface area contributed by atoms with Gasteiger partial charge in [-0.2, -0.15) is 5.10 Å². The van der Waals surface area contributed by atoms with Crippen molar-refractivity contribution < 1.29 is 9.84 Å². The molecule has 2 unspecified atom stereocenters. The summed E-state index contributed by atoms with van der Waals surface area (Å²) in [4.78, 5) is 11.6. The molecule has 0 spiro atoms. The number of anilines is 2. The van der Waals surface area contributed by atoms with Crippen molar-refractivity contribution in [2.45, 2.75) is 44.2 Å². The summed E-state index contributed by atoms with van der Waals surface area (Å²) in [5.41, 5.74) is 3.62. The van der Waals surface area contributed by atoms with E-state index >= 15 is 0 Å². The first-order valence-electron chi connectivity index (χ1n) is 11.1. The Kier molecular flexibility index (Phi) is 5.57. The lowest BCUT2D eigenvalue weighted by molar-refractivity contribution is -0.00211. The summed E-state index contributed by atoms with van der Waals surface area (Å²) in [6.07, 6.45) is 5.11. The Morgan fingerprint density at radius 1 is 1.25 bits per heavy atom. The normalized spacial score (nSPS) is 25.0. The molecule has 8 nitrogen and oxygen atoms in total. The molecule has 9 heteroatoms. The van der Waals surface area contributed by atoms with Crippen LogP contribution >= 0.6 is 11.6 Å². The summed E-state index contributed by atoms with van der Waals surface area (Å²) in [6, 6.07) is 4.07. The highest BCUT2D eigenvalue weighted by molar-refractivity contribution is 6.32. The molecule has 170 valence electrons. The summed E-state index contributed by atoms with van der Waals surface area (Å²) in [5, 5.41) is 19.6. The molecule has 32 heavy (non-hydrogen) atoms. The van der Waals surface area contributed by atoms with Crippen molar-refractivity contribution in [1.82, 2.24) is 24.6 Å². The van der Waals surface area contributed by atoms with E-state index < -0.39 is 6.10 Å². The molecule has 3 aromatic rings. The van der Waals surface area contributed by atoms with E-state index in [-0.39, 0.29) is 5.54 Å². The van der Waals surface area contributed by atoms with Gasteiger partial charge in [0.05, 0.1) is 48.0 Å². The van der Waals surface area contributed by atoms with E-state index in [0.29, 0.717) is 25.1 Å². The van der Waals surface area contributed by atoms with Crippen molar-refractivity contribution >= 4 is 34.1 Å². The van der Waals surface area contributed by atoms with Crippen LogP contribution in [0.3, 0.4) is 0 Å². The minimum atomic E-state index is -0.436. The van der Waals surface area contributed by atoms with E-state index in [1.807, 2.05) is 24.7 Å². The Morgan fingerprint density at radius 2 is 2.03 bits per heavy atom. The second-order valence-electron chi connectivity index (χ2n) is 9.17. The minimum absolute atomic E-state index is 0.295. The largest absolute Gasteiger partial charge is 0.389 e. The average molecular weight is 457 g/mol. The van der Waals surface area contributed by atoms with E-state index in [1.165, 1.54) is 0 Å².